The van der Waals surface area contributed by atoms with Crippen LogP contribution in [0, 0.1) is 13.8 Å². The Hall–Kier alpha value is -2.54. The Labute approximate surface area is 132 Å². The fourth-order valence-corrected chi connectivity index (χ4v) is 2.99. The lowest BCUT2D eigenvalue weighted by Gasteiger charge is -2.20. The van der Waals surface area contributed by atoms with E-state index in [0.717, 1.165) is 0 Å². The Balaban J connectivity index is 2.08. The lowest BCUT2D eigenvalue weighted by molar-refractivity contribution is 0.745. The summed E-state index contributed by atoms with van der Waals surface area (Å²) < 4.78 is 0. The SMILES string of the molecule is C=Cc1ccc(-c2cc(C)cc(C)c2)cc1C1C=CC=CN1. The third kappa shape index (κ3) is 2.89. The van der Waals surface area contributed by atoms with Gasteiger partial charge in [-0.1, -0.05) is 66.3 Å². The summed E-state index contributed by atoms with van der Waals surface area (Å²) in [4.78, 5) is 0. The molecule has 1 nitrogen and oxygen atoms in total. The Kier molecular flexibility index (Phi) is 3.97. The Morgan fingerprint density at radius 1 is 0.955 bits per heavy atom. The summed E-state index contributed by atoms with van der Waals surface area (Å²) in [6.07, 6.45) is 10.2. The summed E-state index contributed by atoms with van der Waals surface area (Å²) in [6.45, 7) is 8.24. The van der Waals surface area contributed by atoms with Crippen LogP contribution in [-0.4, -0.2) is 0 Å². The molecule has 0 amide bonds. The largest absolute Gasteiger partial charge is 0.381 e. The predicted octanol–water partition coefficient (Wildman–Crippen LogP) is 5.33. The molecule has 0 bridgehead atoms. The topological polar surface area (TPSA) is 12.0 Å². The fourth-order valence-electron chi connectivity index (χ4n) is 2.99. The Morgan fingerprint density at radius 3 is 2.36 bits per heavy atom. The van der Waals surface area contributed by atoms with E-state index in [1.807, 2.05) is 18.4 Å². The van der Waals surface area contributed by atoms with Crippen molar-refractivity contribution in [1.29, 1.82) is 0 Å². The highest BCUT2D eigenvalue weighted by Gasteiger charge is 2.12. The van der Waals surface area contributed by atoms with Gasteiger partial charge in [-0.2, -0.15) is 0 Å². The number of hydrogen-bond donors (Lipinski definition) is 1. The van der Waals surface area contributed by atoms with E-state index in [1.54, 1.807) is 0 Å². The molecule has 110 valence electrons. The van der Waals surface area contributed by atoms with Crippen molar-refractivity contribution in [2.24, 2.45) is 0 Å². The molecule has 1 heterocycles. The van der Waals surface area contributed by atoms with Crippen LogP contribution in [0.1, 0.15) is 28.3 Å². The van der Waals surface area contributed by atoms with Crippen molar-refractivity contribution in [2.75, 3.05) is 0 Å². The average molecular weight is 287 g/mol. The summed E-state index contributed by atoms with van der Waals surface area (Å²) in [5, 5.41) is 3.40. The van der Waals surface area contributed by atoms with Crippen molar-refractivity contribution in [3.63, 3.8) is 0 Å². The van der Waals surface area contributed by atoms with Gasteiger partial charge in [0.1, 0.15) is 0 Å². The minimum atomic E-state index is 0.198. The molecule has 1 unspecified atom stereocenters. The number of benzene rings is 2. The molecule has 22 heavy (non-hydrogen) atoms. The van der Waals surface area contributed by atoms with Crippen molar-refractivity contribution in [3.8, 4) is 11.1 Å². The van der Waals surface area contributed by atoms with Crippen LogP contribution >= 0.6 is 0 Å². The van der Waals surface area contributed by atoms with E-state index in [0.29, 0.717) is 0 Å². The maximum absolute atomic E-state index is 3.95. The lowest BCUT2D eigenvalue weighted by Crippen LogP contribution is -2.16. The van der Waals surface area contributed by atoms with Gasteiger partial charge < -0.3 is 5.32 Å². The third-order valence-corrected chi connectivity index (χ3v) is 3.98. The van der Waals surface area contributed by atoms with Gasteiger partial charge in [-0.3, -0.25) is 0 Å². The first-order valence-electron chi connectivity index (χ1n) is 7.62. The second-order valence-electron chi connectivity index (χ2n) is 5.81. The van der Waals surface area contributed by atoms with E-state index in [9.17, 15) is 0 Å². The average Bonchev–Trinajstić information content (AvgIpc) is 2.54. The van der Waals surface area contributed by atoms with Crippen LogP contribution in [0.5, 0.6) is 0 Å². The van der Waals surface area contributed by atoms with Crippen molar-refractivity contribution in [1.82, 2.24) is 5.32 Å². The van der Waals surface area contributed by atoms with Crippen LogP contribution in [0.2, 0.25) is 0 Å². The van der Waals surface area contributed by atoms with Gasteiger partial charge in [0.2, 0.25) is 0 Å². The summed E-state index contributed by atoms with van der Waals surface area (Å²) >= 11 is 0. The van der Waals surface area contributed by atoms with Crippen LogP contribution in [-0.2, 0) is 0 Å². The Morgan fingerprint density at radius 2 is 1.73 bits per heavy atom. The van der Waals surface area contributed by atoms with Gasteiger partial charge in [-0.25, -0.2) is 0 Å². The molecule has 1 N–H and O–H groups in total. The highest BCUT2D eigenvalue weighted by molar-refractivity contribution is 5.69. The number of dihydropyridines is 1. The molecule has 1 heteroatoms. The van der Waals surface area contributed by atoms with Gasteiger partial charge in [-0.05, 0) is 54.4 Å². The summed E-state index contributed by atoms with van der Waals surface area (Å²) in [5.41, 5.74) is 7.53. The molecule has 1 aliphatic rings. The van der Waals surface area contributed by atoms with Gasteiger partial charge in [-0.15, -0.1) is 0 Å². The highest BCUT2D eigenvalue weighted by atomic mass is 14.9. The van der Waals surface area contributed by atoms with Gasteiger partial charge in [0, 0.05) is 0 Å². The van der Waals surface area contributed by atoms with Crippen molar-refractivity contribution < 1.29 is 0 Å². The van der Waals surface area contributed by atoms with Crippen LogP contribution < -0.4 is 5.32 Å². The molecule has 3 rings (SSSR count). The molecule has 0 radical (unpaired) electrons. The van der Waals surface area contributed by atoms with Crippen LogP contribution in [0.25, 0.3) is 17.2 Å². The molecular formula is C21H21N. The number of allylic oxidation sites excluding steroid dienone is 2. The molecule has 2 aromatic carbocycles. The maximum Gasteiger partial charge on any atom is 0.0701 e. The van der Waals surface area contributed by atoms with Gasteiger partial charge in [0.15, 0.2) is 0 Å². The van der Waals surface area contributed by atoms with Gasteiger partial charge in [0.05, 0.1) is 6.04 Å². The molecule has 0 saturated heterocycles. The Bertz CT molecular complexity index is 745. The van der Waals surface area contributed by atoms with Crippen molar-refractivity contribution in [2.45, 2.75) is 19.9 Å². The van der Waals surface area contributed by atoms with Crippen LogP contribution in [0.4, 0.5) is 0 Å². The van der Waals surface area contributed by atoms with E-state index < -0.39 is 0 Å². The molecule has 0 aromatic heterocycles. The van der Waals surface area contributed by atoms with E-state index >= 15 is 0 Å². The first kappa shape index (κ1) is 14.4. The standard InChI is InChI=1S/C21H21N/c1-4-17-8-9-18(19-12-15(2)11-16(3)13-19)14-20(17)21-7-5-6-10-22-21/h4-14,21-22H,1H2,2-3H3. The van der Waals surface area contributed by atoms with Gasteiger partial charge >= 0.3 is 0 Å². The van der Waals surface area contributed by atoms with Crippen LogP contribution in [0.3, 0.4) is 0 Å². The highest BCUT2D eigenvalue weighted by Crippen LogP contribution is 2.29. The first-order chi connectivity index (χ1) is 10.7. The lowest BCUT2D eigenvalue weighted by atomic mass is 9.93. The second kappa shape index (κ2) is 6.07. The number of rotatable bonds is 3. The zero-order valence-electron chi connectivity index (χ0n) is 13.1. The second-order valence-corrected chi connectivity index (χ2v) is 5.81. The quantitative estimate of drug-likeness (QED) is 0.804. The summed E-state index contributed by atoms with van der Waals surface area (Å²) in [5.74, 6) is 0. The van der Waals surface area contributed by atoms with E-state index in [1.165, 1.54) is 33.4 Å². The molecule has 0 fully saturated rings. The molecule has 0 aliphatic carbocycles. The van der Waals surface area contributed by atoms with Gasteiger partial charge in [0.25, 0.3) is 0 Å². The zero-order valence-corrected chi connectivity index (χ0v) is 13.1. The molecule has 0 saturated carbocycles. The normalized spacial score (nSPS) is 16.4. The number of hydrogen-bond acceptors (Lipinski definition) is 1. The molecule has 2 aromatic rings. The zero-order chi connectivity index (χ0) is 15.5. The molecule has 1 atom stereocenters. The number of nitrogens with one attached hydrogen (secondary N) is 1. The smallest absolute Gasteiger partial charge is 0.0701 e. The van der Waals surface area contributed by atoms with Crippen molar-refractivity contribution >= 4 is 6.08 Å². The molecule has 0 spiro atoms. The summed E-state index contributed by atoms with van der Waals surface area (Å²) in [6, 6.07) is 13.5. The first-order valence-corrected chi connectivity index (χ1v) is 7.62. The number of aryl methyl sites for hydroxylation is 2. The monoisotopic (exact) mass is 287 g/mol. The molecular weight excluding hydrogens is 266 g/mol. The minimum Gasteiger partial charge on any atom is -0.381 e. The maximum atomic E-state index is 3.95. The molecule has 1 aliphatic heterocycles. The fraction of sp³-hybridized carbons (Fsp3) is 0.143. The van der Waals surface area contributed by atoms with E-state index in [2.05, 4.69) is 74.3 Å². The summed E-state index contributed by atoms with van der Waals surface area (Å²) in [7, 11) is 0. The minimum absolute atomic E-state index is 0.198. The predicted molar refractivity (Wildman–Crippen MR) is 95.6 cm³/mol. The van der Waals surface area contributed by atoms with Crippen LogP contribution in [0.15, 0.2) is 67.4 Å². The third-order valence-electron chi connectivity index (χ3n) is 3.98. The van der Waals surface area contributed by atoms with E-state index in [4.69, 9.17) is 0 Å². The van der Waals surface area contributed by atoms with E-state index in [-0.39, 0.29) is 6.04 Å². The van der Waals surface area contributed by atoms with Crippen molar-refractivity contribution in [3.05, 3.63) is 89.7 Å².